The summed E-state index contributed by atoms with van der Waals surface area (Å²) >= 11 is 0. The van der Waals surface area contributed by atoms with Gasteiger partial charge in [-0.15, -0.1) is 0 Å². The molecule has 1 aliphatic rings. The predicted octanol–water partition coefficient (Wildman–Crippen LogP) is 2.71. The predicted molar refractivity (Wildman–Crippen MR) is 78.9 cm³/mol. The molecule has 0 aliphatic heterocycles. The van der Waals surface area contributed by atoms with Crippen molar-refractivity contribution in [1.82, 2.24) is 0 Å². The van der Waals surface area contributed by atoms with Gasteiger partial charge in [0, 0.05) is 23.8 Å². The lowest BCUT2D eigenvalue weighted by Crippen LogP contribution is -2.33. The van der Waals surface area contributed by atoms with Crippen molar-refractivity contribution in [3.05, 3.63) is 29.3 Å². The molecule has 1 fully saturated rings. The Balaban J connectivity index is 2.26. The Kier molecular flexibility index (Phi) is 3.98. The lowest BCUT2D eigenvalue weighted by Gasteiger charge is -2.30. The summed E-state index contributed by atoms with van der Waals surface area (Å²) in [5.41, 5.74) is 8.80. The van der Waals surface area contributed by atoms with E-state index < -0.39 is 0 Å². The molecule has 4 nitrogen and oxygen atoms in total. The van der Waals surface area contributed by atoms with Crippen LogP contribution in [0.2, 0.25) is 0 Å². The second-order valence-corrected chi connectivity index (χ2v) is 5.68. The molecule has 0 spiro atoms. The van der Waals surface area contributed by atoms with Gasteiger partial charge in [0.1, 0.15) is 0 Å². The molecular formula is C15H23N3O. The summed E-state index contributed by atoms with van der Waals surface area (Å²) in [5.74, 6) is 1.01. The molecular weight excluding hydrogens is 238 g/mol. The fraction of sp³-hybridized carbons (Fsp3) is 0.533. The Morgan fingerprint density at radius 2 is 2.16 bits per heavy atom. The van der Waals surface area contributed by atoms with Gasteiger partial charge in [-0.05, 0) is 63.3 Å². The number of hydrogen-bond acceptors (Lipinski definition) is 3. The van der Waals surface area contributed by atoms with Gasteiger partial charge in [0.25, 0.3) is 0 Å². The number of oxime groups is 1. The lowest BCUT2D eigenvalue weighted by atomic mass is 10.1. The molecule has 104 valence electrons. The molecule has 4 heteroatoms. The number of hydrogen-bond donors (Lipinski definition) is 2. The van der Waals surface area contributed by atoms with Crippen molar-refractivity contribution in [2.24, 2.45) is 16.8 Å². The van der Waals surface area contributed by atoms with Crippen LogP contribution >= 0.6 is 0 Å². The van der Waals surface area contributed by atoms with Crippen LogP contribution in [0.15, 0.2) is 23.4 Å². The lowest BCUT2D eigenvalue weighted by molar-refractivity contribution is 0.318. The first-order chi connectivity index (χ1) is 9.02. The summed E-state index contributed by atoms with van der Waals surface area (Å²) in [5, 5.41) is 11.8. The molecule has 19 heavy (non-hydrogen) atoms. The fourth-order valence-electron chi connectivity index (χ4n) is 2.36. The highest BCUT2D eigenvalue weighted by molar-refractivity contribution is 5.97. The second kappa shape index (κ2) is 5.51. The van der Waals surface area contributed by atoms with Crippen LogP contribution in [-0.4, -0.2) is 23.6 Å². The topological polar surface area (TPSA) is 61.9 Å². The van der Waals surface area contributed by atoms with E-state index >= 15 is 0 Å². The number of amidine groups is 1. The molecule has 1 aliphatic carbocycles. The fourth-order valence-corrected chi connectivity index (χ4v) is 2.36. The number of benzene rings is 1. The summed E-state index contributed by atoms with van der Waals surface area (Å²) in [4.78, 5) is 2.45. The molecule has 0 radical (unpaired) electrons. The van der Waals surface area contributed by atoms with Crippen molar-refractivity contribution in [2.75, 3.05) is 11.4 Å². The van der Waals surface area contributed by atoms with E-state index in [1.165, 1.54) is 24.1 Å². The third-order valence-electron chi connectivity index (χ3n) is 3.68. The third-order valence-corrected chi connectivity index (χ3v) is 3.68. The van der Waals surface area contributed by atoms with Gasteiger partial charge in [0.05, 0.1) is 0 Å². The highest BCUT2D eigenvalue weighted by Crippen LogP contribution is 2.33. The zero-order valence-electron chi connectivity index (χ0n) is 11.9. The zero-order valence-corrected chi connectivity index (χ0v) is 11.9. The maximum absolute atomic E-state index is 8.73. The Morgan fingerprint density at radius 1 is 1.47 bits per heavy atom. The molecule has 1 saturated carbocycles. The first-order valence-corrected chi connectivity index (χ1v) is 6.88. The van der Waals surface area contributed by atoms with Crippen LogP contribution < -0.4 is 10.6 Å². The summed E-state index contributed by atoms with van der Waals surface area (Å²) in [6.45, 7) is 7.64. The molecule has 0 bridgehead atoms. The molecule has 0 heterocycles. The number of anilines is 1. The maximum Gasteiger partial charge on any atom is 0.170 e. The van der Waals surface area contributed by atoms with Gasteiger partial charge < -0.3 is 15.8 Å². The van der Waals surface area contributed by atoms with Crippen molar-refractivity contribution in [1.29, 1.82) is 0 Å². The van der Waals surface area contributed by atoms with Gasteiger partial charge in [-0.3, -0.25) is 0 Å². The first kappa shape index (κ1) is 13.7. The van der Waals surface area contributed by atoms with Crippen LogP contribution in [0.25, 0.3) is 0 Å². The highest BCUT2D eigenvalue weighted by atomic mass is 16.4. The average Bonchev–Trinajstić information content (AvgIpc) is 3.19. The zero-order chi connectivity index (χ0) is 14.0. The second-order valence-electron chi connectivity index (χ2n) is 5.68. The summed E-state index contributed by atoms with van der Waals surface area (Å²) in [6, 6.07) is 6.45. The van der Waals surface area contributed by atoms with E-state index in [0.29, 0.717) is 6.04 Å². The Morgan fingerprint density at radius 3 is 2.63 bits per heavy atom. The van der Waals surface area contributed by atoms with E-state index in [9.17, 15) is 0 Å². The van der Waals surface area contributed by atoms with Crippen molar-refractivity contribution in [3.8, 4) is 0 Å². The van der Waals surface area contributed by atoms with Crippen molar-refractivity contribution >= 4 is 11.5 Å². The number of nitrogens with zero attached hydrogens (tertiary/aromatic N) is 2. The van der Waals surface area contributed by atoms with Gasteiger partial charge >= 0.3 is 0 Å². The SMILES string of the molecule is Cc1cc(/C(N)=N/O)ccc1N(CC1CC1)C(C)C. The van der Waals surface area contributed by atoms with Crippen LogP contribution in [0.1, 0.15) is 37.8 Å². The largest absolute Gasteiger partial charge is 0.409 e. The van der Waals surface area contributed by atoms with E-state index in [1.54, 1.807) is 0 Å². The Bertz CT molecular complexity index is 478. The molecule has 1 aromatic carbocycles. The van der Waals surface area contributed by atoms with Crippen molar-refractivity contribution < 1.29 is 5.21 Å². The van der Waals surface area contributed by atoms with Gasteiger partial charge in [-0.2, -0.15) is 0 Å². The minimum absolute atomic E-state index is 0.160. The minimum atomic E-state index is 0.160. The quantitative estimate of drug-likeness (QED) is 0.371. The van der Waals surface area contributed by atoms with Gasteiger partial charge in [0.15, 0.2) is 5.84 Å². The van der Waals surface area contributed by atoms with Crippen molar-refractivity contribution in [3.63, 3.8) is 0 Å². The number of nitrogens with two attached hydrogens (primary N) is 1. The number of rotatable bonds is 5. The van der Waals surface area contributed by atoms with Crippen LogP contribution in [0.5, 0.6) is 0 Å². The summed E-state index contributed by atoms with van der Waals surface area (Å²) < 4.78 is 0. The molecule has 3 N–H and O–H groups in total. The molecule has 0 aromatic heterocycles. The molecule has 1 aromatic rings. The van der Waals surface area contributed by atoms with E-state index in [1.807, 2.05) is 12.1 Å². The summed E-state index contributed by atoms with van der Waals surface area (Å²) in [6.07, 6.45) is 2.70. The highest BCUT2D eigenvalue weighted by Gasteiger charge is 2.26. The van der Waals surface area contributed by atoms with E-state index in [2.05, 4.69) is 36.9 Å². The number of aryl methyl sites for hydroxylation is 1. The maximum atomic E-state index is 8.73. The standard InChI is InChI=1S/C15H23N3O/c1-10(2)18(9-12-4-5-12)14-7-6-13(8-11(14)3)15(16)17-19/h6-8,10,12,19H,4-5,9H2,1-3H3,(H2,16,17). The van der Waals surface area contributed by atoms with Gasteiger partial charge in [-0.25, -0.2) is 0 Å². The molecule has 0 atom stereocenters. The average molecular weight is 261 g/mol. The van der Waals surface area contributed by atoms with Gasteiger partial charge in [-0.1, -0.05) is 5.16 Å². The normalized spacial score (nSPS) is 15.9. The Labute approximate surface area is 114 Å². The van der Waals surface area contributed by atoms with Crippen molar-refractivity contribution in [2.45, 2.75) is 39.7 Å². The smallest absolute Gasteiger partial charge is 0.170 e. The van der Waals surface area contributed by atoms with Crippen LogP contribution in [-0.2, 0) is 0 Å². The van der Waals surface area contributed by atoms with Gasteiger partial charge in [0.2, 0.25) is 0 Å². The molecule has 2 rings (SSSR count). The van der Waals surface area contributed by atoms with E-state index in [-0.39, 0.29) is 5.84 Å². The van der Waals surface area contributed by atoms with E-state index in [0.717, 1.165) is 18.0 Å². The minimum Gasteiger partial charge on any atom is -0.409 e. The Hall–Kier alpha value is -1.71. The summed E-state index contributed by atoms with van der Waals surface area (Å²) in [7, 11) is 0. The van der Waals surface area contributed by atoms with Crippen LogP contribution in [0.4, 0.5) is 5.69 Å². The van der Waals surface area contributed by atoms with E-state index in [4.69, 9.17) is 10.9 Å². The van der Waals surface area contributed by atoms with Crippen LogP contribution in [0.3, 0.4) is 0 Å². The molecule has 0 saturated heterocycles. The third kappa shape index (κ3) is 3.19. The van der Waals surface area contributed by atoms with Crippen LogP contribution in [0, 0.1) is 12.8 Å². The first-order valence-electron chi connectivity index (χ1n) is 6.88. The molecule has 0 amide bonds. The molecule has 0 unspecified atom stereocenters. The monoisotopic (exact) mass is 261 g/mol.